The van der Waals surface area contributed by atoms with Crippen LogP contribution in [0.3, 0.4) is 0 Å². The van der Waals surface area contributed by atoms with Crippen molar-refractivity contribution in [3.05, 3.63) is 76.9 Å². The van der Waals surface area contributed by atoms with E-state index in [1.807, 2.05) is 30.3 Å². The van der Waals surface area contributed by atoms with Crippen molar-refractivity contribution in [2.75, 3.05) is 35.2 Å². The van der Waals surface area contributed by atoms with Gasteiger partial charge < -0.3 is 43.0 Å². The van der Waals surface area contributed by atoms with E-state index in [-0.39, 0.29) is 29.8 Å². The lowest BCUT2D eigenvalue weighted by Gasteiger charge is -2.43. The number of fused-ring (bicyclic) bond motifs is 4. The number of carbonyl (C=O) groups is 2. The topological polar surface area (TPSA) is 128 Å². The number of hydrogen-bond donors (Lipinski definition) is 1. The van der Waals surface area contributed by atoms with E-state index < -0.39 is 35.7 Å². The maximum absolute atomic E-state index is 13.5. The summed E-state index contributed by atoms with van der Waals surface area (Å²) in [5, 5.41) is 12.5. The van der Waals surface area contributed by atoms with E-state index in [1.54, 1.807) is 45.1 Å². The third-order valence-electron chi connectivity index (χ3n) is 8.89. The third kappa shape index (κ3) is 6.01. The zero-order valence-corrected chi connectivity index (χ0v) is 28.2. The van der Waals surface area contributed by atoms with Gasteiger partial charge in [-0.3, -0.25) is 0 Å². The van der Waals surface area contributed by atoms with Gasteiger partial charge in [-0.1, -0.05) is 43.3 Å². The Morgan fingerprint density at radius 3 is 2.19 bits per heavy atom. The summed E-state index contributed by atoms with van der Waals surface area (Å²) in [6, 6.07) is 12.6. The molecule has 3 aromatic rings. The van der Waals surface area contributed by atoms with Gasteiger partial charge in [0.1, 0.15) is 11.7 Å². The van der Waals surface area contributed by atoms with Crippen LogP contribution in [-0.2, 0) is 19.1 Å². The van der Waals surface area contributed by atoms with Gasteiger partial charge in [0.25, 0.3) is 0 Å². The molecule has 0 aromatic heterocycles. The zero-order chi connectivity index (χ0) is 34.7. The number of benzene rings is 3. The highest BCUT2D eigenvalue weighted by atomic mass is 16.7. The number of methoxy groups -OCH3 is 4. The van der Waals surface area contributed by atoms with E-state index in [4.69, 9.17) is 37.9 Å². The number of hydrogen-bond acceptors (Lipinski definition) is 11. The van der Waals surface area contributed by atoms with E-state index in [2.05, 4.69) is 0 Å². The van der Waals surface area contributed by atoms with Gasteiger partial charge in [-0.2, -0.15) is 0 Å². The third-order valence-corrected chi connectivity index (χ3v) is 8.89. The molecule has 0 amide bonds. The molecule has 48 heavy (non-hydrogen) atoms. The van der Waals surface area contributed by atoms with Gasteiger partial charge in [-0.25, -0.2) is 9.59 Å². The molecule has 1 aliphatic heterocycles. The smallest absolute Gasteiger partial charge is 0.334 e. The normalized spacial score (nSPS) is 21.4. The molecular formula is C37H40O11. The highest BCUT2D eigenvalue weighted by Crippen LogP contribution is 2.61. The van der Waals surface area contributed by atoms with Gasteiger partial charge in [-0.05, 0) is 44.5 Å². The molecule has 0 spiro atoms. The lowest BCUT2D eigenvalue weighted by Crippen LogP contribution is -2.46. The van der Waals surface area contributed by atoms with Crippen molar-refractivity contribution in [3.8, 4) is 45.6 Å². The maximum atomic E-state index is 13.5. The van der Waals surface area contributed by atoms with Crippen molar-refractivity contribution in [1.82, 2.24) is 0 Å². The zero-order valence-electron chi connectivity index (χ0n) is 28.2. The fraction of sp³-hybridized carbons (Fsp3) is 0.351. The molecule has 11 heteroatoms. The second-order valence-electron chi connectivity index (χ2n) is 11.6. The molecule has 1 heterocycles. The highest BCUT2D eigenvalue weighted by molar-refractivity contribution is 5.92. The molecular weight excluding hydrogens is 620 g/mol. The summed E-state index contributed by atoms with van der Waals surface area (Å²) in [7, 11) is 5.85. The second-order valence-corrected chi connectivity index (χ2v) is 11.6. The fourth-order valence-corrected chi connectivity index (χ4v) is 6.04. The Balaban J connectivity index is 1.86. The molecule has 4 atom stereocenters. The molecule has 254 valence electrons. The summed E-state index contributed by atoms with van der Waals surface area (Å²) >= 11 is 0. The van der Waals surface area contributed by atoms with Crippen molar-refractivity contribution >= 4 is 18.0 Å². The quantitative estimate of drug-likeness (QED) is 0.203. The van der Waals surface area contributed by atoms with Crippen molar-refractivity contribution in [2.24, 2.45) is 5.92 Å². The van der Waals surface area contributed by atoms with Crippen molar-refractivity contribution < 1.29 is 52.6 Å². The minimum atomic E-state index is -1.86. The monoisotopic (exact) mass is 660 g/mol. The first-order valence-corrected chi connectivity index (χ1v) is 15.4. The SMILES string of the molecule is CC=C(C)C(=O)OC1c2cc(OC)c(OC)c(OC)c2-c2c(cc3c(c2OC)OCO3)C(OC(=O)C=Cc2ccccc2)C(C)C1(C)O. The van der Waals surface area contributed by atoms with Crippen LogP contribution in [-0.4, -0.2) is 57.9 Å². The van der Waals surface area contributed by atoms with Crippen molar-refractivity contribution in [1.29, 1.82) is 0 Å². The number of allylic oxidation sites excluding steroid dienone is 1. The molecule has 3 aromatic carbocycles. The predicted octanol–water partition coefficient (Wildman–Crippen LogP) is 6.37. The summed E-state index contributed by atoms with van der Waals surface area (Å²) in [6.45, 7) is 6.49. The lowest BCUT2D eigenvalue weighted by atomic mass is 9.71. The fourth-order valence-electron chi connectivity index (χ4n) is 6.04. The van der Waals surface area contributed by atoms with E-state index in [9.17, 15) is 14.7 Å². The van der Waals surface area contributed by atoms with Gasteiger partial charge in [0.2, 0.25) is 18.3 Å². The molecule has 0 fully saturated rings. The Kier molecular flexibility index (Phi) is 9.90. The molecule has 0 radical (unpaired) electrons. The van der Waals surface area contributed by atoms with Gasteiger partial charge >= 0.3 is 11.9 Å². The first-order chi connectivity index (χ1) is 23.0. The summed E-state index contributed by atoms with van der Waals surface area (Å²) in [5.41, 5.74) is 0.735. The van der Waals surface area contributed by atoms with Gasteiger partial charge in [0, 0.05) is 39.8 Å². The Labute approximate surface area is 279 Å². The Bertz CT molecular complexity index is 1760. The molecule has 0 saturated heterocycles. The van der Waals surface area contributed by atoms with Crippen LogP contribution in [0, 0.1) is 5.92 Å². The van der Waals surface area contributed by atoms with Crippen LogP contribution < -0.4 is 28.4 Å². The van der Waals surface area contributed by atoms with Crippen LogP contribution >= 0.6 is 0 Å². The van der Waals surface area contributed by atoms with Gasteiger partial charge in [0.05, 0.1) is 28.4 Å². The molecule has 0 bridgehead atoms. The molecule has 1 aliphatic carbocycles. The van der Waals surface area contributed by atoms with Crippen LogP contribution in [0.2, 0.25) is 0 Å². The second kappa shape index (κ2) is 13.9. The summed E-state index contributed by atoms with van der Waals surface area (Å²) in [4.78, 5) is 27.0. The first kappa shape index (κ1) is 34.2. The molecule has 2 aliphatic rings. The van der Waals surface area contributed by atoms with Crippen LogP contribution in [0.5, 0.6) is 34.5 Å². The number of aliphatic hydroxyl groups is 1. The highest BCUT2D eigenvalue weighted by Gasteiger charge is 2.51. The molecule has 4 unspecified atom stereocenters. The first-order valence-electron chi connectivity index (χ1n) is 15.4. The summed E-state index contributed by atoms with van der Waals surface area (Å²) in [5.74, 6) is -0.642. The maximum Gasteiger partial charge on any atom is 0.334 e. The Morgan fingerprint density at radius 2 is 1.56 bits per heavy atom. The van der Waals surface area contributed by atoms with Crippen LogP contribution in [0.4, 0.5) is 0 Å². The molecule has 11 nitrogen and oxygen atoms in total. The number of carbonyl (C=O) groups excluding carboxylic acids is 2. The van der Waals surface area contributed by atoms with E-state index in [0.717, 1.165) is 5.56 Å². The average molecular weight is 661 g/mol. The van der Waals surface area contributed by atoms with Crippen LogP contribution in [0.15, 0.2) is 60.2 Å². The van der Waals surface area contributed by atoms with Crippen molar-refractivity contribution in [3.63, 3.8) is 0 Å². The molecule has 1 N–H and O–H groups in total. The Morgan fingerprint density at radius 1 is 0.896 bits per heavy atom. The summed E-state index contributed by atoms with van der Waals surface area (Å²) in [6.07, 6.45) is 2.08. The summed E-state index contributed by atoms with van der Waals surface area (Å²) < 4.78 is 47.4. The number of esters is 2. The van der Waals surface area contributed by atoms with Gasteiger partial charge in [0.15, 0.2) is 29.1 Å². The van der Waals surface area contributed by atoms with Crippen LogP contribution in [0.25, 0.3) is 17.2 Å². The minimum absolute atomic E-state index is 0.0785. The van der Waals surface area contributed by atoms with E-state index in [0.29, 0.717) is 39.3 Å². The average Bonchev–Trinajstić information content (AvgIpc) is 3.58. The van der Waals surface area contributed by atoms with Gasteiger partial charge in [-0.15, -0.1) is 0 Å². The molecule has 5 rings (SSSR count). The predicted molar refractivity (Wildman–Crippen MR) is 177 cm³/mol. The lowest BCUT2D eigenvalue weighted by molar-refractivity contribution is -0.181. The standard InChI is InChI=1S/C37H40O11/c1-9-20(2)36(39)48-35-24-18-25(41-5)31(42-6)33(43-7)29(24)28-23(17-26-32(34(28)44-8)46-19-45-26)30(21(3)37(35,4)40)47-27(38)16-15-22-13-11-10-12-14-22/h9-18,21,30,35,40H,19H2,1-8H3. The van der Waals surface area contributed by atoms with E-state index in [1.165, 1.54) is 41.4 Å². The van der Waals surface area contributed by atoms with E-state index >= 15 is 0 Å². The Hall–Kier alpha value is -5.16. The van der Waals surface area contributed by atoms with Crippen molar-refractivity contribution in [2.45, 2.75) is 45.5 Å². The molecule has 0 saturated carbocycles. The minimum Gasteiger partial charge on any atom is -0.493 e. The number of ether oxygens (including phenoxy) is 8. The van der Waals surface area contributed by atoms with Crippen LogP contribution in [0.1, 0.15) is 56.6 Å². The largest absolute Gasteiger partial charge is 0.493 e. The number of rotatable bonds is 9.